The molecule has 0 bridgehead atoms. The molecule has 2 rings (SSSR count). The lowest BCUT2D eigenvalue weighted by atomic mass is 10.3. The number of rotatable bonds is 3. The van der Waals surface area contributed by atoms with Crippen LogP contribution in [0.25, 0.3) is 0 Å². The van der Waals surface area contributed by atoms with Gasteiger partial charge in [-0.25, -0.2) is 4.68 Å². The van der Waals surface area contributed by atoms with Crippen LogP contribution >= 0.6 is 0 Å². The molecule has 3 N–H and O–H groups in total. The lowest BCUT2D eigenvalue weighted by molar-refractivity contribution is 0.542. The van der Waals surface area contributed by atoms with E-state index >= 15 is 0 Å². The average molecular weight is 241 g/mol. The van der Waals surface area contributed by atoms with Gasteiger partial charge in [0.2, 0.25) is 0 Å². The number of benzene rings is 1. The van der Waals surface area contributed by atoms with Gasteiger partial charge < -0.3 is 11.1 Å². The molecule has 2 aromatic rings. The number of anilines is 3. The van der Waals surface area contributed by atoms with Crippen LogP contribution in [0.1, 0.15) is 25.5 Å². The fourth-order valence-electron chi connectivity index (χ4n) is 1.70. The Bertz CT molecular complexity index is 577. The first kappa shape index (κ1) is 12.0. The Balaban J connectivity index is 2.40. The minimum Gasteiger partial charge on any atom is -0.383 e. The molecule has 1 aromatic heterocycles. The number of nitriles is 1. The van der Waals surface area contributed by atoms with Crippen molar-refractivity contribution < 1.29 is 0 Å². The van der Waals surface area contributed by atoms with Gasteiger partial charge in [-0.2, -0.15) is 10.4 Å². The normalized spacial score (nSPS) is 10.3. The van der Waals surface area contributed by atoms with Gasteiger partial charge in [0.25, 0.3) is 0 Å². The molecule has 0 unspecified atom stereocenters. The van der Waals surface area contributed by atoms with E-state index in [-0.39, 0.29) is 6.04 Å². The lowest BCUT2D eigenvalue weighted by Crippen LogP contribution is -2.07. The van der Waals surface area contributed by atoms with Crippen molar-refractivity contribution in [3.63, 3.8) is 0 Å². The highest BCUT2D eigenvalue weighted by atomic mass is 15.4. The van der Waals surface area contributed by atoms with Crippen LogP contribution in [-0.4, -0.2) is 9.78 Å². The maximum Gasteiger partial charge on any atom is 0.172 e. The second-order valence-electron chi connectivity index (χ2n) is 4.25. The molecule has 0 amide bonds. The van der Waals surface area contributed by atoms with Crippen molar-refractivity contribution in [3.8, 4) is 6.07 Å². The average Bonchev–Trinajstić information content (AvgIpc) is 2.67. The van der Waals surface area contributed by atoms with Gasteiger partial charge in [0.1, 0.15) is 17.5 Å². The van der Waals surface area contributed by atoms with Gasteiger partial charge in [-0.15, -0.1) is 0 Å². The number of nitrogens with zero attached hydrogens (tertiary/aromatic N) is 3. The van der Waals surface area contributed by atoms with Crippen LogP contribution in [0.4, 0.5) is 17.3 Å². The van der Waals surface area contributed by atoms with E-state index in [4.69, 9.17) is 11.0 Å². The molecule has 92 valence electrons. The first-order valence-electron chi connectivity index (χ1n) is 5.73. The molecule has 5 heteroatoms. The predicted octanol–water partition coefficient (Wildman–Crippen LogP) is 2.66. The van der Waals surface area contributed by atoms with Crippen LogP contribution in [-0.2, 0) is 0 Å². The maximum absolute atomic E-state index is 9.15. The summed E-state index contributed by atoms with van der Waals surface area (Å²) in [7, 11) is 0. The Morgan fingerprint density at radius 1 is 1.33 bits per heavy atom. The zero-order valence-electron chi connectivity index (χ0n) is 10.4. The van der Waals surface area contributed by atoms with Crippen LogP contribution in [0.3, 0.4) is 0 Å². The third-order valence-electron chi connectivity index (χ3n) is 2.58. The highest BCUT2D eigenvalue weighted by Crippen LogP contribution is 2.26. The maximum atomic E-state index is 9.15. The first-order valence-corrected chi connectivity index (χ1v) is 5.73. The van der Waals surface area contributed by atoms with Crippen molar-refractivity contribution in [1.82, 2.24) is 9.78 Å². The topological polar surface area (TPSA) is 79.7 Å². The summed E-state index contributed by atoms with van der Waals surface area (Å²) in [5.41, 5.74) is 7.17. The summed E-state index contributed by atoms with van der Waals surface area (Å²) in [6.45, 7) is 3.94. The smallest absolute Gasteiger partial charge is 0.172 e. The van der Waals surface area contributed by atoms with Crippen molar-refractivity contribution >= 4 is 17.3 Å². The molecule has 18 heavy (non-hydrogen) atoms. The van der Waals surface area contributed by atoms with Crippen LogP contribution in [0.2, 0.25) is 0 Å². The van der Waals surface area contributed by atoms with Crippen molar-refractivity contribution in [3.05, 3.63) is 35.9 Å². The van der Waals surface area contributed by atoms with Gasteiger partial charge in [0.05, 0.1) is 0 Å². The first-order chi connectivity index (χ1) is 8.63. The lowest BCUT2D eigenvalue weighted by Gasteiger charge is -2.06. The van der Waals surface area contributed by atoms with Gasteiger partial charge >= 0.3 is 0 Å². The van der Waals surface area contributed by atoms with Gasteiger partial charge in [-0.05, 0) is 26.0 Å². The molecule has 0 aliphatic carbocycles. The van der Waals surface area contributed by atoms with E-state index in [1.165, 1.54) is 0 Å². The molecule has 0 saturated heterocycles. The second kappa shape index (κ2) is 4.80. The molecule has 0 aliphatic rings. The van der Waals surface area contributed by atoms with Gasteiger partial charge in [0, 0.05) is 11.7 Å². The molecule has 1 aromatic carbocycles. The quantitative estimate of drug-likeness (QED) is 0.865. The summed E-state index contributed by atoms with van der Waals surface area (Å²) in [6, 6.07) is 11.8. The Morgan fingerprint density at radius 2 is 2.00 bits per heavy atom. The number of nitrogen functional groups attached to an aromatic ring is 1. The molecular weight excluding hydrogens is 226 g/mol. The highest BCUT2D eigenvalue weighted by molar-refractivity contribution is 5.69. The van der Waals surface area contributed by atoms with E-state index < -0.39 is 0 Å². The minimum atomic E-state index is 0.114. The summed E-state index contributed by atoms with van der Waals surface area (Å²) in [4.78, 5) is 0. The number of nitrogens with one attached hydrogen (secondary N) is 1. The van der Waals surface area contributed by atoms with Crippen LogP contribution in [0.5, 0.6) is 0 Å². The number of hydrogen-bond donors (Lipinski definition) is 2. The Morgan fingerprint density at radius 3 is 2.56 bits per heavy atom. The highest BCUT2D eigenvalue weighted by Gasteiger charge is 2.16. The van der Waals surface area contributed by atoms with Crippen molar-refractivity contribution in [2.75, 3.05) is 11.1 Å². The van der Waals surface area contributed by atoms with E-state index in [1.54, 1.807) is 4.68 Å². The number of aromatic nitrogens is 2. The monoisotopic (exact) mass is 241 g/mol. The molecule has 0 spiro atoms. The van der Waals surface area contributed by atoms with Crippen molar-refractivity contribution in [2.24, 2.45) is 0 Å². The van der Waals surface area contributed by atoms with Gasteiger partial charge in [-0.3, -0.25) is 0 Å². The fourth-order valence-corrected chi connectivity index (χ4v) is 1.70. The van der Waals surface area contributed by atoms with E-state index in [0.717, 1.165) is 5.69 Å². The van der Waals surface area contributed by atoms with Crippen molar-refractivity contribution in [2.45, 2.75) is 19.9 Å². The van der Waals surface area contributed by atoms with E-state index in [1.807, 2.05) is 44.2 Å². The molecule has 0 saturated carbocycles. The summed E-state index contributed by atoms with van der Waals surface area (Å²) in [5.74, 6) is 0.890. The molecule has 0 aliphatic heterocycles. The number of nitrogens with two attached hydrogens (primary N) is 1. The van der Waals surface area contributed by atoms with Gasteiger partial charge in [-0.1, -0.05) is 18.2 Å². The molecule has 0 radical (unpaired) electrons. The predicted molar refractivity (Wildman–Crippen MR) is 71.5 cm³/mol. The zero-order valence-corrected chi connectivity index (χ0v) is 10.4. The van der Waals surface area contributed by atoms with E-state index in [0.29, 0.717) is 17.2 Å². The molecule has 0 fully saturated rings. The summed E-state index contributed by atoms with van der Waals surface area (Å²) >= 11 is 0. The number of hydrogen-bond acceptors (Lipinski definition) is 4. The third kappa shape index (κ3) is 2.13. The Kier molecular flexibility index (Phi) is 3.20. The van der Waals surface area contributed by atoms with Crippen molar-refractivity contribution in [1.29, 1.82) is 5.26 Å². The molecular formula is C13H15N5. The Labute approximate surface area is 106 Å². The summed E-state index contributed by atoms with van der Waals surface area (Å²) in [6.07, 6.45) is 0. The molecule has 0 atom stereocenters. The van der Waals surface area contributed by atoms with Crippen LogP contribution in [0, 0.1) is 11.3 Å². The SMILES string of the molecule is CC(C)n1nc(Nc2ccccc2)c(C#N)c1N. The largest absolute Gasteiger partial charge is 0.383 e. The zero-order chi connectivity index (χ0) is 13.1. The van der Waals surface area contributed by atoms with E-state index in [2.05, 4.69) is 16.5 Å². The summed E-state index contributed by atoms with van der Waals surface area (Å²) < 4.78 is 1.64. The Hall–Kier alpha value is -2.48. The van der Waals surface area contributed by atoms with E-state index in [9.17, 15) is 0 Å². The van der Waals surface area contributed by atoms with Crippen LogP contribution in [0.15, 0.2) is 30.3 Å². The third-order valence-corrected chi connectivity index (χ3v) is 2.58. The molecule has 5 nitrogen and oxygen atoms in total. The van der Waals surface area contributed by atoms with Gasteiger partial charge in [0.15, 0.2) is 5.82 Å². The fraction of sp³-hybridized carbons (Fsp3) is 0.231. The summed E-state index contributed by atoms with van der Waals surface area (Å²) in [5, 5.41) is 16.6. The number of para-hydroxylation sites is 1. The minimum absolute atomic E-state index is 0.114. The second-order valence-corrected chi connectivity index (χ2v) is 4.25. The molecule has 1 heterocycles. The standard InChI is InChI=1S/C13H15N5/c1-9(2)18-12(15)11(8-14)13(17-18)16-10-6-4-3-5-7-10/h3-7,9H,15H2,1-2H3,(H,16,17). The van der Waals surface area contributed by atoms with Crippen LogP contribution < -0.4 is 11.1 Å².